The van der Waals surface area contributed by atoms with Gasteiger partial charge in [-0.25, -0.2) is 0 Å². The van der Waals surface area contributed by atoms with Crippen LogP contribution < -0.4 is 4.90 Å². The van der Waals surface area contributed by atoms with Crippen molar-refractivity contribution in [3.8, 4) is 0 Å². The van der Waals surface area contributed by atoms with Crippen LogP contribution in [0, 0.1) is 0 Å². The molecule has 10 heteroatoms. The van der Waals surface area contributed by atoms with E-state index in [0.29, 0.717) is 0 Å². The minimum absolute atomic E-state index is 0.0179. The molecule has 10 nitrogen and oxygen atoms in total. The number of ether oxygens (including phenoxy) is 1. The first-order chi connectivity index (χ1) is 12.2. The summed E-state index contributed by atoms with van der Waals surface area (Å²) < 4.78 is 5.38. The quantitative estimate of drug-likeness (QED) is 0.336. The van der Waals surface area contributed by atoms with Gasteiger partial charge in [0.25, 0.3) is 5.91 Å². The number of carboxylic acid groups (broad SMARTS) is 1. The maximum Gasteiger partial charge on any atom is 0.307 e. The monoisotopic (exact) mass is 369 g/mol. The number of hydrogen-bond acceptors (Lipinski definition) is 8. The minimum atomic E-state index is -2.37. The highest BCUT2D eigenvalue weighted by molar-refractivity contribution is 6.08. The summed E-state index contributed by atoms with van der Waals surface area (Å²) in [5.74, 6) is -2.46. The standard InChI is InChI=1S/C16H19NO9/c18-6-9-11(21)12(22)13(23)14(26-9)17-8-4-2-1-3-7(8)16(25,15(17)24)5-10(19)20/h1-4,9,11-14,18,21-23,25H,5-6H2,(H,19,20)/t9-,11-,12+,13-,14-,16-/m1/s1. The molecule has 1 aromatic carbocycles. The molecule has 0 unspecified atom stereocenters. The summed E-state index contributed by atoms with van der Waals surface area (Å²) >= 11 is 0. The Morgan fingerprint density at radius 2 is 1.81 bits per heavy atom. The van der Waals surface area contributed by atoms with Gasteiger partial charge < -0.3 is 35.4 Å². The molecule has 1 saturated heterocycles. The molecule has 2 heterocycles. The van der Waals surface area contributed by atoms with E-state index in [9.17, 15) is 35.1 Å². The van der Waals surface area contributed by atoms with Crippen molar-refractivity contribution in [3.05, 3.63) is 29.8 Å². The average Bonchev–Trinajstić information content (AvgIpc) is 2.81. The first kappa shape index (κ1) is 18.7. The van der Waals surface area contributed by atoms with Gasteiger partial charge >= 0.3 is 5.97 Å². The topological polar surface area (TPSA) is 168 Å². The number of amides is 1. The highest BCUT2D eigenvalue weighted by Crippen LogP contribution is 2.44. The molecule has 1 aromatic rings. The number of nitrogens with zero attached hydrogens (tertiary/aromatic N) is 1. The lowest BCUT2D eigenvalue weighted by atomic mass is 9.92. The van der Waals surface area contributed by atoms with Crippen LogP contribution in [0.3, 0.4) is 0 Å². The smallest absolute Gasteiger partial charge is 0.307 e. The normalized spacial score (nSPS) is 36.9. The predicted octanol–water partition coefficient (Wildman–Crippen LogP) is -2.50. The van der Waals surface area contributed by atoms with Crippen molar-refractivity contribution in [1.82, 2.24) is 0 Å². The highest BCUT2D eigenvalue weighted by Gasteiger charge is 2.57. The average molecular weight is 369 g/mol. The van der Waals surface area contributed by atoms with Crippen LogP contribution in [-0.4, -0.2) is 79.8 Å². The van der Waals surface area contributed by atoms with Crippen LogP contribution in [0.15, 0.2) is 24.3 Å². The molecule has 0 radical (unpaired) electrons. The molecule has 3 rings (SSSR count). The molecule has 2 aliphatic rings. The van der Waals surface area contributed by atoms with Crippen LogP contribution in [-0.2, 0) is 19.9 Å². The minimum Gasteiger partial charge on any atom is -0.481 e. The maximum atomic E-state index is 12.9. The summed E-state index contributed by atoms with van der Waals surface area (Å²) in [6.07, 6.45) is -8.79. The third-order valence-electron chi connectivity index (χ3n) is 4.71. The second kappa shape index (κ2) is 6.58. The number of carbonyl (C=O) groups excluding carboxylic acids is 1. The molecule has 0 bridgehead atoms. The maximum absolute atomic E-state index is 12.9. The summed E-state index contributed by atoms with van der Waals surface area (Å²) in [7, 11) is 0. The van der Waals surface area contributed by atoms with Gasteiger partial charge in [-0.1, -0.05) is 18.2 Å². The Kier molecular flexibility index (Phi) is 4.73. The van der Waals surface area contributed by atoms with Crippen molar-refractivity contribution in [2.75, 3.05) is 11.5 Å². The molecule has 0 saturated carbocycles. The zero-order valence-electron chi connectivity index (χ0n) is 13.5. The van der Waals surface area contributed by atoms with E-state index >= 15 is 0 Å². The number of hydrogen-bond donors (Lipinski definition) is 6. The SMILES string of the molecule is O=C(O)C[C@]1(O)C(=O)N([C@@H]2O[C@H](CO)[C@@H](O)[C@H](O)[C@H]2O)c2ccccc21. The van der Waals surface area contributed by atoms with Gasteiger partial charge in [0.15, 0.2) is 11.8 Å². The number of aliphatic hydroxyl groups excluding tert-OH is 4. The summed E-state index contributed by atoms with van der Waals surface area (Å²) in [4.78, 5) is 24.8. The molecule has 0 spiro atoms. The molecule has 0 aromatic heterocycles. The van der Waals surface area contributed by atoms with Gasteiger partial charge in [0.05, 0.1) is 18.7 Å². The van der Waals surface area contributed by atoms with Gasteiger partial charge in [-0.15, -0.1) is 0 Å². The van der Waals surface area contributed by atoms with Crippen molar-refractivity contribution in [1.29, 1.82) is 0 Å². The van der Waals surface area contributed by atoms with Gasteiger partial charge in [0.1, 0.15) is 24.4 Å². The van der Waals surface area contributed by atoms with Crippen LogP contribution >= 0.6 is 0 Å². The van der Waals surface area contributed by atoms with Crippen molar-refractivity contribution >= 4 is 17.6 Å². The molecule has 6 N–H and O–H groups in total. The zero-order chi connectivity index (χ0) is 19.2. The lowest BCUT2D eigenvalue weighted by molar-refractivity contribution is -0.229. The van der Waals surface area contributed by atoms with E-state index in [4.69, 9.17) is 9.84 Å². The van der Waals surface area contributed by atoms with Crippen molar-refractivity contribution in [2.24, 2.45) is 0 Å². The van der Waals surface area contributed by atoms with Crippen molar-refractivity contribution in [2.45, 2.75) is 42.7 Å². The van der Waals surface area contributed by atoms with Crippen molar-refractivity contribution < 1.29 is 45.0 Å². The fourth-order valence-corrected chi connectivity index (χ4v) is 3.39. The van der Waals surface area contributed by atoms with E-state index in [2.05, 4.69) is 0 Å². The fourth-order valence-electron chi connectivity index (χ4n) is 3.39. The third-order valence-corrected chi connectivity index (χ3v) is 4.71. The van der Waals surface area contributed by atoms with Gasteiger partial charge in [-0.05, 0) is 6.07 Å². The van der Waals surface area contributed by atoms with Crippen LogP contribution in [0.4, 0.5) is 5.69 Å². The van der Waals surface area contributed by atoms with E-state index in [0.717, 1.165) is 4.90 Å². The molecular formula is C16H19NO9. The predicted molar refractivity (Wildman–Crippen MR) is 83.8 cm³/mol. The Balaban J connectivity index is 2.05. The Bertz CT molecular complexity index is 723. The largest absolute Gasteiger partial charge is 0.481 e. The second-order valence-corrected chi connectivity index (χ2v) is 6.34. The van der Waals surface area contributed by atoms with E-state index in [1.54, 1.807) is 0 Å². The first-order valence-electron chi connectivity index (χ1n) is 7.90. The number of benzene rings is 1. The van der Waals surface area contributed by atoms with Gasteiger partial charge in [0.2, 0.25) is 0 Å². The van der Waals surface area contributed by atoms with Gasteiger partial charge in [-0.2, -0.15) is 0 Å². The Labute approximate surface area is 147 Å². The lowest BCUT2D eigenvalue weighted by Gasteiger charge is -2.43. The van der Waals surface area contributed by atoms with E-state index in [-0.39, 0.29) is 11.3 Å². The first-order valence-corrected chi connectivity index (χ1v) is 7.90. The molecule has 2 aliphatic heterocycles. The molecule has 1 amide bonds. The Hall–Kier alpha value is -2.08. The third kappa shape index (κ3) is 2.67. The molecule has 26 heavy (non-hydrogen) atoms. The Morgan fingerprint density at radius 1 is 1.15 bits per heavy atom. The molecular weight excluding hydrogens is 350 g/mol. The summed E-state index contributed by atoms with van der Waals surface area (Å²) in [6.45, 7) is -0.690. The van der Waals surface area contributed by atoms with Gasteiger partial charge in [-0.3, -0.25) is 14.5 Å². The number of anilines is 1. The van der Waals surface area contributed by atoms with Crippen LogP contribution in [0.2, 0.25) is 0 Å². The summed E-state index contributed by atoms with van der Waals surface area (Å²) in [6, 6.07) is 5.85. The number of para-hydroxylation sites is 1. The summed E-state index contributed by atoms with van der Waals surface area (Å²) in [5, 5.41) is 59.2. The molecule has 142 valence electrons. The van der Waals surface area contributed by atoms with Gasteiger partial charge in [0, 0.05) is 5.56 Å². The number of aliphatic hydroxyl groups is 5. The Morgan fingerprint density at radius 3 is 2.42 bits per heavy atom. The molecule has 1 fully saturated rings. The fraction of sp³-hybridized carbons (Fsp3) is 0.500. The number of aliphatic carboxylic acids is 1. The van der Waals surface area contributed by atoms with Crippen LogP contribution in [0.1, 0.15) is 12.0 Å². The van der Waals surface area contributed by atoms with Crippen molar-refractivity contribution in [3.63, 3.8) is 0 Å². The van der Waals surface area contributed by atoms with Crippen LogP contribution in [0.25, 0.3) is 0 Å². The number of carboxylic acids is 1. The van der Waals surface area contributed by atoms with E-state index in [1.807, 2.05) is 0 Å². The molecule has 0 aliphatic carbocycles. The van der Waals surface area contributed by atoms with E-state index < -0.39 is 61.1 Å². The molecule has 6 atom stereocenters. The number of carbonyl (C=O) groups is 2. The zero-order valence-corrected chi connectivity index (χ0v) is 13.5. The highest BCUT2D eigenvalue weighted by atomic mass is 16.6. The van der Waals surface area contributed by atoms with Crippen LogP contribution in [0.5, 0.6) is 0 Å². The van der Waals surface area contributed by atoms with E-state index in [1.165, 1.54) is 24.3 Å². The number of rotatable bonds is 4. The number of fused-ring (bicyclic) bond motifs is 1. The summed E-state index contributed by atoms with van der Waals surface area (Å²) in [5.41, 5.74) is -2.25. The second-order valence-electron chi connectivity index (χ2n) is 6.34. The lowest BCUT2D eigenvalue weighted by Crippen LogP contribution is -2.64.